The fraction of sp³-hybridized carbons (Fsp3) is 0. The van der Waals surface area contributed by atoms with Gasteiger partial charge in [-0.05, 0) is 0 Å². The summed E-state index contributed by atoms with van der Waals surface area (Å²) in [6.07, 6.45) is 0. The van der Waals surface area contributed by atoms with E-state index in [0.29, 0.717) is 0 Å². The Bertz CT molecular complexity index is 576. The normalized spacial score (nSPS) is 11.0. The average molecular weight is 318 g/mol. The van der Waals surface area contributed by atoms with E-state index in [-0.39, 0.29) is 0 Å². The zero-order chi connectivity index (χ0) is 10.3. The molecule has 0 saturated heterocycles. The number of rotatable bonds is 1. The predicted octanol–water partition coefficient (Wildman–Crippen LogP) is 2.96. The number of benzene rings is 1. The Hall–Kier alpha value is -0.741. The molecular formula is C12H7OSSn. The minimum absolute atomic E-state index is 0.964. The molecule has 0 N–H and O–H groups in total. The zero-order valence-electron chi connectivity index (χ0n) is 7.86. The van der Waals surface area contributed by atoms with Gasteiger partial charge >= 0.3 is 105 Å². The Morgan fingerprint density at radius 3 is 2.67 bits per heavy atom. The van der Waals surface area contributed by atoms with E-state index in [1.165, 1.54) is 35.7 Å². The number of para-hydroxylation sites is 1. The minimum atomic E-state index is 0.964. The molecule has 1 nitrogen and oxygen atoms in total. The third-order valence-electron chi connectivity index (χ3n) is 2.27. The summed E-state index contributed by atoms with van der Waals surface area (Å²) in [6, 6.07) is 14.5. The molecule has 3 rings (SSSR count). The SMILES string of the molecule is [Sn][c]1ccc(-c2cc3ccccc3o2)s1. The van der Waals surface area contributed by atoms with Crippen molar-refractivity contribution in [2.75, 3.05) is 0 Å². The van der Waals surface area contributed by atoms with Crippen LogP contribution in [-0.2, 0) is 0 Å². The van der Waals surface area contributed by atoms with Gasteiger partial charge in [0.05, 0.1) is 0 Å². The van der Waals surface area contributed by atoms with Crippen molar-refractivity contribution in [3.05, 3.63) is 42.5 Å². The summed E-state index contributed by atoms with van der Waals surface area (Å²) in [6.45, 7) is 0. The van der Waals surface area contributed by atoms with Gasteiger partial charge in [0.15, 0.2) is 0 Å². The van der Waals surface area contributed by atoms with Crippen LogP contribution in [0.25, 0.3) is 21.6 Å². The maximum atomic E-state index is 5.79. The molecule has 0 aliphatic carbocycles. The molecular weight excluding hydrogens is 311 g/mol. The topological polar surface area (TPSA) is 13.1 Å². The van der Waals surface area contributed by atoms with Crippen molar-refractivity contribution in [1.82, 2.24) is 0 Å². The van der Waals surface area contributed by atoms with Gasteiger partial charge in [0.25, 0.3) is 0 Å². The molecule has 0 saturated carbocycles. The van der Waals surface area contributed by atoms with Crippen LogP contribution < -0.4 is 2.89 Å². The van der Waals surface area contributed by atoms with Gasteiger partial charge in [-0.15, -0.1) is 0 Å². The quantitative estimate of drug-likeness (QED) is 0.629. The van der Waals surface area contributed by atoms with Crippen molar-refractivity contribution >= 4 is 47.7 Å². The van der Waals surface area contributed by atoms with Gasteiger partial charge < -0.3 is 0 Å². The van der Waals surface area contributed by atoms with Crippen LogP contribution >= 0.6 is 11.3 Å². The Balaban J connectivity index is 2.19. The molecule has 0 atom stereocenters. The second kappa shape index (κ2) is 3.68. The fourth-order valence-corrected chi connectivity index (χ4v) is 3.46. The van der Waals surface area contributed by atoms with E-state index < -0.39 is 0 Å². The van der Waals surface area contributed by atoms with Crippen molar-refractivity contribution in [1.29, 1.82) is 0 Å². The van der Waals surface area contributed by atoms with E-state index >= 15 is 0 Å². The van der Waals surface area contributed by atoms with Crippen molar-refractivity contribution in [2.24, 2.45) is 0 Å². The standard InChI is InChI=1S/C12H7OS.Sn/c1-2-5-10-9(4-1)8-11(13-10)12-6-3-7-14-12;/h1-6,8H;. The van der Waals surface area contributed by atoms with Crippen molar-refractivity contribution in [2.45, 2.75) is 0 Å². The summed E-state index contributed by atoms with van der Waals surface area (Å²) in [7, 11) is 0. The molecule has 3 aromatic rings. The molecule has 2 heterocycles. The first-order valence-corrected chi connectivity index (χ1v) is 6.88. The van der Waals surface area contributed by atoms with Gasteiger partial charge in [0, 0.05) is 0 Å². The second-order valence-corrected chi connectivity index (χ2v) is 6.97. The molecule has 0 unspecified atom stereocenters. The number of furan rings is 1. The van der Waals surface area contributed by atoms with E-state index in [9.17, 15) is 0 Å². The number of fused-ring (bicyclic) bond motifs is 1. The summed E-state index contributed by atoms with van der Waals surface area (Å²) in [5.41, 5.74) is 0.964. The van der Waals surface area contributed by atoms with Crippen LogP contribution in [0.15, 0.2) is 46.9 Å². The Morgan fingerprint density at radius 2 is 1.93 bits per heavy atom. The average Bonchev–Trinajstić information content (AvgIpc) is 2.82. The molecule has 0 aliphatic heterocycles. The summed E-state index contributed by atoms with van der Waals surface area (Å²) < 4.78 is 7.19. The molecule has 0 spiro atoms. The molecule has 3 heteroatoms. The third kappa shape index (κ3) is 1.72. The Kier molecular flexibility index (Phi) is 2.33. The summed E-state index contributed by atoms with van der Waals surface area (Å²) in [5.74, 6) is 0.981. The van der Waals surface area contributed by atoms with E-state index in [4.69, 9.17) is 4.42 Å². The molecule has 2 aromatic heterocycles. The van der Waals surface area contributed by atoms with Crippen LogP contribution in [0, 0.1) is 0 Å². The monoisotopic (exact) mass is 319 g/mol. The van der Waals surface area contributed by atoms with Crippen molar-refractivity contribution < 1.29 is 4.42 Å². The zero-order valence-corrected chi connectivity index (χ0v) is 11.5. The van der Waals surface area contributed by atoms with Crippen LogP contribution in [0.2, 0.25) is 0 Å². The van der Waals surface area contributed by atoms with Gasteiger partial charge in [-0.3, -0.25) is 0 Å². The third-order valence-corrected chi connectivity index (χ3v) is 4.54. The van der Waals surface area contributed by atoms with E-state index in [0.717, 1.165) is 11.3 Å². The number of thiophene rings is 1. The van der Waals surface area contributed by atoms with Crippen molar-refractivity contribution in [3.63, 3.8) is 0 Å². The molecule has 0 bridgehead atoms. The summed E-state index contributed by atoms with van der Waals surface area (Å²) >= 11 is 3.27. The molecule has 3 radical (unpaired) electrons. The van der Waals surface area contributed by atoms with Gasteiger partial charge in [-0.2, -0.15) is 0 Å². The molecule has 71 valence electrons. The van der Waals surface area contributed by atoms with Crippen LogP contribution in [0.1, 0.15) is 0 Å². The van der Waals surface area contributed by atoms with Gasteiger partial charge in [-0.25, -0.2) is 0 Å². The van der Waals surface area contributed by atoms with Crippen LogP contribution in [-0.4, -0.2) is 22.5 Å². The second-order valence-electron chi connectivity index (χ2n) is 3.31. The van der Waals surface area contributed by atoms with Crippen molar-refractivity contribution in [3.8, 4) is 10.6 Å². The first kappa shape index (κ1) is 9.48. The molecule has 0 aliphatic rings. The number of hydrogen-bond donors (Lipinski definition) is 0. The van der Waals surface area contributed by atoms with Gasteiger partial charge in [-0.1, -0.05) is 0 Å². The fourth-order valence-electron chi connectivity index (χ4n) is 1.57. The van der Waals surface area contributed by atoms with Gasteiger partial charge in [0.1, 0.15) is 0 Å². The Morgan fingerprint density at radius 1 is 1.07 bits per heavy atom. The van der Waals surface area contributed by atoms with E-state index in [2.05, 4.69) is 24.3 Å². The first-order chi connectivity index (χ1) is 7.33. The van der Waals surface area contributed by atoms with E-state index in [1.807, 2.05) is 18.2 Å². The Labute approximate surface area is 105 Å². The van der Waals surface area contributed by atoms with Crippen LogP contribution in [0.4, 0.5) is 0 Å². The molecule has 1 aromatic carbocycles. The summed E-state index contributed by atoms with van der Waals surface area (Å²) in [4.78, 5) is 1.22. The predicted molar refractivity (Wildman–Crippen MR) is 64.9 cm³/mol. The maximum absolute atomic E-state index is 5.79. The molecule has 0 fully saturated rings. The van der Waals surface area contributed by atoms with Crippen LogP contribution in [0.3, 0.4) is 0 Å². The van der Waals surface area contributed by atoms with E-state index in [1.54, 1.807) is 11.3 Å². The molecule has 0 amide bonds. The number of hydrogen-bond acceptors (Lipinski definition) is 2. The first-order valence-electron chi connectivity index (χ1n) is 4.63. The van der Waals surface area contributed by atoms with Gasteiger partial charge in [0.2, 0.25) is 0 Å². The van der Waals surface area contributed by atoms with Crippen LogP contribution in [0.5, 0.6) is 0 Å². The summed E-state index contributed by atoms with van der Waals surface area (Å²) in [5, 5.41) is 1.17. The molecule has 15 heavy (non-hydrogen) atoms.